The molecule has 0 saturated heterocycles. The van der Waals surface area contributed by atoms with Gasteiger partial charge in [-0.2, -0.15) is 0 Å². The molecule has 6 nitrogen and oxygen atoms in total. The maximum atomic E-state index is 13.2. The van der Waals surface area contributed by atoms with Crippen LogP contribution in [0.1, 0.15) is 29.9 Å². The Hall–Kier alpha value is -2.23. The van der Waals surface area contributed by atoms with Gasteiger partial charge in [0.05, 0.1) is 37.6 Å². The lowest BCUT2D eigenvalue weighted by Crippen LogP contribution is -2.20. The summed E-state index contributed by atoms with van der Waals surface area (Å²) in [4.78, 5) is 13.7. The highest BCUT2D eigenvalue weighted by molar-refractivity contribution is 7.92. The van der Waals surface area contributed by atoms with Gasteiger partial charge in [0.1, 0.15) is 5.78 Å². The minimum absolute atomic E-state index is 0.0418. The van der Waals surface area contributed by atoms with E-state index in [1.165, 1.54) is 19.2 Å². The van der Waals surface area contributed by atoms with Crippen molar-refractivity contribution in [1.29, 1.82) is 0 Å². The molecule has 0 amide bonds. The van der Waals surface area contributed by atoms with Crippen LogP contribution in [-0.2, 0) is 35.6 Å². The van der Waals surface area contributed by atoms with Gasteiger partial charge in [0, 0.05) is 25.3 Å². The summed E-state index contributed by atoms with van der Waals surface area (Å²) in [7, 11) is -5.15. The Kier molecular flexibility index (Phi) is 8.16. The quantitative estimate of drug-likeness (QED) is 0.312. The van der Waals surface area contributed by atoms with Crippen LogP contribution in [0.5, 0.6) is 0 Å². The van der Waals surface area contributed by atoms with Gasteiger partial charge in [-0.25, -0.2) is 16.8 Å². The second-order valence-electron chi connectivity index (χ2n) is 9.20. The number of rotatable bonds is 10. The van der Waals surface area contributed by atoms with Crippen LogP contribution >= 0.6 is 23.2 Å². The first-order chi connectivity index (χ1) is 17.4. The summed E-state index contributed by atoms with van der Waals surface area (Å²) in [5, 5.41) is 0.393. The van der Waals surface area contributed by atoms with Crippen LogP contribution in [0.3, 0.4) is 0 Å². The number of methoxy groups -OCH3 is 1. The maximum Gasteiger partial charge on any atom is 0.181 e. The van der Waals surface area contributed by atoms with Crippen LogP contribution in [0.25, 0.3) is 11.1 Å². The summed E-state index contributed by atoms with van der Waals surface area (Å²) < 4.78 is 53.7. The second-order valence-corrected chi connectivity index (χ2v) is 14.3. The van der Waals surface area contributed by atoms with Crippen molar-refractivity contribution in [3.63, 3.8) is 0 Å². The lowest BCUT2D eigenvalue weighted by molar-refractivity contribution is -0.121. The topological polar surface area (TPSA) is 94.6 Å². The van der Waals surface area contributed by atoms with Crippen LogP contribution in [-0.4, -0.2) is 47.8 Å². The molecule has 0 heterocycles. The number of carbonyl (C=O) groups is 1. The Morgan fingerprint density at radius 3 is 1.95 bits per heavy atom. The number of ether oxygens (including phenoxy) is 1. The molecule has 0 bridgehead atoms. The van der Waals surface area contributed by atoms with Gasteiger partial charge in [-0.3, -0.25) is 4.79 Å². The number of hydrogen-bond donors (Lipinski definition) is 0. The van der Waals surface area contributed by atoms with Crippen LogP contribution in [0.2, 0.25) is 10.0 Å². The van der Waals surface area contributed by atoms with Crippen molar-refractivity contribution in [2.24, 2.45) is 0 Å². The van der Waals surface area contributed by atoms with Crippen molar-refractivity contribution in [2.45, 2.75) is 40.2 Å². The first-order valence-corrected chi connectivity index (χ1v) is 15.7. The molecule has 0 aliphatic heterocycles. The van der Waals surface area contributed by atoms with Crippen LogP contribution < -0.4 is 0 Å². The van der Waals surface area contributed by atoms with Gasteiger partial charge in [0.2, 0.25) is 0 Å². The third kappa shape index (κ3) is 6.26. The summed E-state index contributed by atoms with van der Waals surface area (Å²) in [6.45, 7) is 0.132. The summed E-state index contributed by atoms with van der Waals surface area (Å²) in [6, 6.07) is 16.0. The van der Waals surface area contributed by atoms with Crippen molar-refractivity contribution in [3.05, 3.63) is 81.8 Å². The lowest BCUT2D eigenvalue weighted by Gasteiger charge is -2.17. The molecular formula is C27H26Cl2O6S2. The minimum atomic E-state index is -3.35. The largest absolute Gasteiger partial charge is 0.384 e. The van der Waals surface area contributed by atoms with Crippen molar-refractivity contribution in [2.75, 3.05) is 20.0 Å². The smallest absolute Gasteiger partial charge is 0.181 e. The molecule has 4 rings (SSSR count). The number of benzene rings is 3. The lowest BCUT2D eigenvalue weighted by atomic mass is 9.91. The summed E-state index contributed by atoms with van der Waals surface area (Å²) in [5.41, 5.74) is 2.49. The van der Waals surface area contributed by atoms with Crippen LogP contribution in [0.15, 0.2) is 70.5 Å². The maximum absolute atomic E-state index is 13.2. The summed E-state index contributed by atoms with van der Waals surface area (Å²) >= 11 is 13.1. The Balaban J connectivity index is 1.55. The van der Waals surface area contributed by atoms with E-state index >= 15 is 0 Å². The van der Waals surface area contributed by atoms with E-state index in [1.807, 2.05) is 0 Å². The Morgan fingerprint density at radius 2 is 1.46 bits per heavy atom. The van der Waals surface area contributed by atoms with Crippen molar-refractivity contribution in [1.82, 2.24) is 0 Å². The van der Waals surface area contributed by atoms with Crippen molar-refractivity contribution in [3.8, 4) is 11.1 Å². The van der Waals surface area contributed by atoms with Crippen LogP contribution in [0.4, 0.5) is 0 Å². The molecule has 10 heteroatoms. The number of carbonyl (C=O) groups excluding carboxylic acids is 1. The van der Waals surface area contributed by atoms with Gasteiger partial charge < -0.3 is 4.74 Å². The van der Waals surface area contributed by atoms with E-state index in [0.717, 1.165) is 6.26 Å². The fraction of sp³-hybridized carbons (Fsp3) is 0.296. The zero-order valence-electron chi connectivity index (χ0n) is 20.3. The predicted octanol–water partition coefficient (Wildman–Crippen LogP) is 5.54. The molecule has 0 spiro atoms. The van der Waals surface area contributed by atoms with Crippen molar-refractivity contribution >= 4 is 48.7 Å². The predicted molar refractivity (Wildman–Crippen MR) is 145 cm³/mol. The van der Waals surface area contributed by atoms with Gasteiger partial charge in [-0.1, -0.05) is 47.5 Å². The second kappa shape index (κ2) is 10.9. The zero-order chi connectivity index (χ0) is 27.0. The average molecular weight is 582 g/mol. The first-order valence-electron chi connectivity index (χ1n) is 11.6. The fourth-order valence-corrected chi connectivity index (χ4v) is 7.24. The summed E-state index contributed by atoms with van der Waals surface area (Å²) in [5.74, 6) is -0.736. The van der Waals surface area contributed by atoms with E-state index in [-0.39, 0.29) is 33.9 Å². The molecule has 1 saturated carbocycles. The van der Waals surface area contributed by atoms with E-state index in [4.69, 9.17) is 27.9 Å². The van der Waals surface area contributed by atoms with E-state index in [1.54, 1.807) is 48.5 Å². The Labute approximate surface area is 227 Å². The molecular weight excluding hydrogens is 555 g/mol. The minimum Gasteiger partial charge on any atom is -0.384 e. The number of ketones is 1. The highest BCUT2D eigenvalue weighted by Crippen LogP contribution is 2.38. The van der Waals surface area contributed by atoms with E-state index < -0.39 is 25.6 Å². The Bertz CT molecular complexity index is 1500. The van der Waals surface area contributed by atoms with Gasteiger partial charge in [0.25, 0.3) is 0 Å². The molecule has 1 aliphatic carbocycles. The highest BCUT2D eigenvalue weighted by Gasteiger charge is 2.36. The number of sulfone groups is 2. The monoisotopic (exact) mass is 580 g/mol. The molecule has 3 aromatic carbocycles. The van der Waals surface area contributed by atoms with Gasteiger partial charge >= 0.3 is 0 Å². The molecule has 1 unspecified atom stereocenters. The molecule has 196 valence electrons. The molecule has 37 heavy (non-hydrogen) atoms. The fourth-order valence-electron chi connectivity index (χ4n) is 4.20. The van der Waals surface area contributed by atoms with E-state index in [0.29, 0.717) is 45.1 Å². The SMILES string of the molecule is COCC(C(=O)Cc1cc(Cl)c(-c2ccc(S(=O)(=O)C3CC3)cc2)c(Cl)c1)c1ccc(S(C)(=O)=O)cc1. The molecule has 1 aliphatic rings. The number of hydrogen-bond acceptors (Lipinski definition) is 6. The average Bonchev–Trinajstić information content (AvgIpc) is 3.68. The normalized spacial score (nSPS) is 14.9. The van der Waals surface area contributed by atoms with E-state index in [2.05, 4.69) is 0 Å². The Morgan fingerprint density at radius 1 is 0.919 bits per heavy atom. The van der Waals surface area contributed by atoms with Crippen molar-refractivity contribution < 1.29 is 26.4 Å². The van der Waals surface area contributed by atoms with Gasteiger partial charge in [-0.15, -0.1) is 0 Å². The zero-order valence-corrected chi connectivity index (χ0v) is 23.4. The highest BCUT2D eigenvalue weighted by atomic mass is 35.5. The third-order valence-electron chi connectivity index (χ3n) is 6.35. The van der Waals surface area contributed by atoms with Crippen LogP contribution in [0, 0.1) is 0 Å². The van der Waals surface area contributed by atoms with Gasteiger partial charge in [0.15, 0.2) is 19.7 Å². The molecule has 1 fully saturated rings. The molecule has 3 aromatic rings. The molecule has 0 radical (unpaired) electrons. The molecule has 1 atom stereocenters. The number of halogens is 2. The van der Waals surface area contributed by atoms with Gasteiger partial charge in [-0.05, 0) is 65.9 Å². The number of Topliss-reactive ketones (excluding diaryl/α,β-unsaturated/α-hetero) is 1. The molecule has 0 N–H and O–H groups in total. The standard InChI is InChI=1S/C27H26Cl2O6S2/c1-35-16-23(18-3-7-20(8-4-18)36(2,31)32)26(30)15-17-13-24(28)27(25(29)14-17)19-5-9-21(10-6-19)37(33,34)22-11-12-22/h3-10,13-14,22-23H,11-12,15-16H2,1-2H3. The third-order valence-corrected chi connectivity index (χ3v) is 10.4. The van der Waals surface area contributed by atoms with E-state index in [9.17, 15) is 21.6 Å². The first kappa shape index (κ1) is 27.8. The summed E-state index contributed by atoms with van der Waals surface area (Å²) in [6.07, 6.45) is 2.56. The molecule has 0 aromatic heterocycles.